The van der Waals surface area contributed by atoms with E-state index < -0.39 is 23.4 Å². The summed E-state index contributed by atoms with van der Waals surface area (Å²) >= 11 is 0. The van der Waals surface area contributed by atoms with Gasteiger partial charge in [0.25, 0.3) is 11.8 Å². The highest BCUT2D eigenvalue weighted by molar-refractivity contribution is 6.25. The van der Waals surface area contributed by atoms with Crippen molar-refractivity contribution < 1.29 is 18.4 Å². The van der Waals surface area contributed by atoms with Crippen LogP contribution in [0.1, 0.15) is 56.9 Å². The Bertz CT molecular complexity index is 1840. The van der Waals surface area contributed by atoms with Gasteiger partial charge >= 0.3 is 0 Å². The lowest BCUT2D eigenvalue weighted by molar-refractivity contribution is 0.0896. The number of carbonyl (C=O) groups is 2. The van der Waals surface area contributed by atoms with Gasteiger partial charge in [-0.25, -0.2) is 28.3 Å². The lowest BCUT2D eigenvalue weighted by Gasteiger charge is -2.21. The highest BCUT2D eigenvalue weighted by atomic mass is 19.1. The molecule has 0 fully saturated rings. The SMILES string of the molecule is Cc1ccc(C)c(-c2nc3n(c2-c2ccnc(N(C(=O)c4ccc(F)cc4)C(=O)c4ccc(F)cc4)c2)N=CCC3C)c1. The fraction of sp³-hybridized carbons (Fsp3) is 0.147. The van der Waals surface area contributed by atoms with E-state index in [0.29, 0.717) is 11.3 Å². The summed E-state index contributed by atoms with van der Waals surface area (Å²) in [5.74, 6) is -1.51. The Balaban J connectivity index is 1.54. The first-order chi connectivity index (χ1) is 20.7. The van der Waals surface area contributed by atoms with Gasteiger partial charge in [0.2, 0.25) is 0 Å². The first-order valence-corrected chi connectivity index (χ1v) is 13.8. The van der Waals surface area contributed by atoms with Crippen molar-refractivity contribution in [3.05, 3.63) is 125 Å². The first kappa shape index (κ1) is 27.8. The van der Waals surface area contributed by atoms with Crippen molar-refractivity contribution in [1.82, 2.24) is 14.6 Å². The zero-order valence-corrected chi connectivity index (χ0v) is 23.8. The zero-order chi connectivity index (χ0) is 30.2. The molecule has 6 rings (SSSR count). The summed E-state index contributed by atoms with van der Waals surface area (Å²) < 4.78 is 29.2. The van der Waals surface area contributed by atoms with E-state index >= 15 is 0 Å². The maximum Gasteiger partial charge on any atom is 0.266 e. The maximum absolute atomic E-state index is 13.8. The van der Waals surface area contributed by atoms with Crippen LogP contribution in [0.5, 0.6) is 0 Å². The van der Waals surface area contributed by atoms with E-state index in [1.54, 1.807) is 16.8 Å². The summed E-state index contributed by atoms with van der Waals surface area (Å²) in [6, 6.07) is 19.4. The first-order valence-electron chi connectivity index (χ1n) is 13.8. The summed E-state index contributed by atoms with van der Waals surface area (Å²) in [5.41, 5.74) is 5.27. The van der Waals surface area contributed by atoms with E-state index in [2.05, 4.69) is 23.1 Å². The molecule has 0 saturated carbocycles. The molecule has 1 unspecified atom stereocenters. The molecule has 43 heavy (non-hydrogen) atoms. The molecule has 9 heteroatoms. The number of aromatic nitrogens is 3. The number of aryl methyl sites for hydroxylation is 2. The lowest BCUT2D eigenvalue weighted by atomic mass is 9.99. The Labute approximate surface area is 247 Å². The van der Waals surface area contributed by atoms with Gasteiger partial charge in [0, 0.05) is 40.6 Å². The molecule has 3 aromatic carbocycles. The molecule has 0 spiro atoms. The molecular weight excluding hydrogens is 548 g/mol. The molecule has 0 aliphatic carbocycles. The van der Waals surface area contributed by atoms with E-state index in [1.807, 2.05) is 32.2 Å². The van der Waals surface area contributed by atoms with Crippen LogP contribution < -0.4 is 4.90 Å². The summed E-state index contributed by atoms with van der Waals surface area (Å²) in [5, 5.41) is 4.66. The second kappa shape index (κ2) is 11.2. The number of rotatable bonds is 5. The molecular formula is C34H27F2N5O2. The summed E-state index contributed by atoms with van der Waals surface area (Å²) in [6.45, 7) is 6.12. The highest BCUT2D eigenvalue weighted by Gasteiger charge is 2.30. The number of hydrogen-bond donors (Lipinski definition) is 0. The number of carbonyl (C=O) groups excluding carboxylic acids is 2. The molecule has 1 aliphatic rings. The molecule has 3 heterocycles. The highest BCUT2D eigenvalue weighted by Crippen LogP contribution is 2.39. The van der Waals surface area contributed by atoms with Crippen LogP contribution in [-0.4, -0.2) is 32.7 Å². The van der Waals surface area contributed by atoms with Crippen LogP contribution in [0.3, 0.4) is 0 Å². The quantitative estimate of drug-likeness (QED) is 0.206. The van der Waals surface area contributed by atoms with Crippen molar-refractivity contribution in [1.29, 1.82) is 0 Å². The Kier molecular flexibility index (Phi) is 7.23. The maximum atomic E-state index is 13.8. The molecule has 2 aromatic heterocycles. The van der Waals surface area contributed by atoms with Gasteiger partial charge in [-0.1, -0.05) is 24.6 Å². The summed E-state index contributed by atoms with van der Waals surface area (Å²) in [6.07, 6.45) is 4.10. The minimum Gasteiger partial charge on any atom is -0.268 e. The van der Waals surface area contributed by atoms with Crippen LogP contribution >= 0.6 is 0 Å². The number of amides is 2. The lowest BCUT2D eigenvalue weighted by Crippen LogP contribution is -2.37. The van der Waals surface area contributed by atoms with Gasteiger partial charge in [-0.05, 0) is 92.6 Å². The average molecular weight is 576 g/mol. The Morgan fingerprint density at radius 1 is 0.860 bits per heavy atom. The zero-order valence-electron chi connectivity index (χ0n) is 23.8. The van der Waals surface area contributed by atoms with Gasteiger partial charge in [-0.15, -0.1) is 0 Å². The number of anilines is 1. The Morgan fingerprint density at radius 2 is 1.49 bits per heavy atom. The molecule has 2 amide bonds. The smallest absolute Gasteiger partial charge is 0.266 e. The molecule has 1 aliphatic heterocycles. The number of halogens is 2. The topological polar surface area (TPSA) is 80.5 Å². The summed E-state index contributed by atoms with van der Waals surface area (Å²) in [7, 11) is 0. The van der Waals surface area contributed by atoms with Gasteiger partial charge in [0.1, 0.15) is 29.0 Å². The van der Waals surface area contributed by atoms with E-state index in [1.165, 1.54) is 30.5 Å². The molecule has 0 N–H and O–H groups in total. The predicted octanol–water partition coefficient (Wildman–Crippen LogP) is 7.34. The fourth-order valence-corrected chi connectivity index (χ4v) is 5.13. The number of benzene rings is 3. The van der Waals surface area contributed by atoms with Gasteiger partial charge < -0.3 is 0 Å². The van der Waals surface area contributed by atoms with Crippen molar-refractivity contribution in [2.45, 2.75) is 33.1 Å². The number of pyridine rings is 1. The third-order valence-electron chi connectivity index (χ3n) is 7.46. The third kappa shape index (κ3) is 5.25. The predicted molar refractivity (Wildman–Crippen MR) is 161 cm³/mol. The van der Waals surface area contributed by atoms with Crippen molar-refractivity contribution in [3.8, 4) is 22.5 Å². The average Bonchev–Trinajstić information content (AvgIpc) is 3.40. The van der Waals surface area contributed by atoms with Gasteiger partial charge in [0.15, 0.2) is 0 Å². The molecule has 0 bridgehead atoms. The van der Waals surface area contributed by atoms with Crippen LogP contribution in [0.25, 0.3) is 22.5 Å². The minimum absolute atomic E-state index is 0.0384. The van der Waals surface area contributed by atoms with Crippen LogP contribution in [-0.2, 0) is 0 Å². The van der Waals surface area contributed by atoms with Gasteiger partial charge in [0.05, 0.1) is 5.69 Å². The van der Waals surface area contributed by atoms with E-state index in [-0.39, 0.29) is 22.9 Å². The number of nitrogens with zero attached hydrogens (tertiary/aromatic N) is 5. The second-order valence-electron chi connectivity index (χ2n) is 10.6. The number of imide groups is 1. The number of imidazole rings is 1. The third-order valence-corrected chi connectivity index (χ3v) is 7.46. The number of hydrogen-bond acceptors (Lipinski definition) is 5. The standard InChI is InChI=1S/C34H27F2N5O2/c1-20-4-5-21(2)28(18-20)30-31(41-32(39-30)22(3)14-17-38-41)25-15-16-37-29(19-25)40(33(42)23-6-10-26(35)11-7-23)34(43)24-8-12-27(36)13-9-24/h4-13,15-19,22H,14H2,1-3H3. The van der Waals surface area contributed by atoms with Crippen LogP contribution in [0.15, 0.2) is 90.2 Å². The van der Waals surface area contributed by atoms with Crippen molar-refractivity contribution in [2.24, 2.45) is 5.10 Å². The Morgan fingerprint density at radius 3 is 2.12 bits per heavy atom. The van der Waals surface area contributed by atoms with Crippen molar-refractivity contribution in [2.75, 3.05) is 4.90 Å². The van der Waals surface area contributed by atoms with Crippen LogP contribution in [0.4, 0.5) is 14.6 Å². The molecule has 7 nitrogen and oxygen atoms in total. The molecule has 214 valence electrons. The van der Waals surface area contributed by atoms with Gasteiger partial charge in [-0.3, -0.25) is 9.59 Å². The fourth-order valence-electron chi connectivity index (χ4n) is 5.13. The van der Waals surface area contributed by atoms with E-state index in [9.17, 15) is 18.4 Å². The van der Waals surface area contributed by atoms with E-state index in [4.69, 9.17) is 4.98 Å². The van der Waals surface area contributed by atoms with Crippen molar-refractivity contribution in [3.63, 3.8) is 0 Å². The molecule has 0 saturated heterocycles. The molecule has 1 atom stereocenters. The van der Waals surface area contributed by atoms with Gasteiger partial charge in [-0.2, -0.15) is 5.10 Å². The normalized spacial score (nSPS) is 13.9. The van der Waals surface area contributed by atoms with Crippen LogP contribution in [0.2, 0.25) is 0 Å². The minimum atomic E-state index is -0.712. The van der Waals surface area contributed by atoms with E-state index in [0.717, 1.165) is 63.8 Å². The molecule has 0 radical (unpaired) electrons. The van der Waals surface area contributed by atoms with Crippen molar-refractivity contribution >= 4 is 23.8 Å². The Hall–Kier alpha value is -5.31. The molecule has 5 aromatic rings. The monoisotopic (exact) mass is 575 g/mol. The largest absolute Gasteiger partial charge is 0.268 e. The van der Waals surface area contributed by atoms with Crippen LogP contribution in [0, 0.1) is 25.5 Å². The summed E-state index contributed by atoms with van der Waals surface area (Å²) in [4.78, 5) is 38.0. The second-order valence-corrected chi connectivity index (χ2v) is 10.6. The number of fused-ring (bicyclic) bond motifs is 1.